The molecule has 7 nitrogen and oxygen atoms in total. The average Bonchev–Trinajstić information content (AvgIpc) is 3.52. The molecule has 3 heterocycles. The molecule has 218 valence electrons. The summed E-state index contributed by atoms with van der Waals surface area (Å²) in [5.41, 5.74) is 0.536. The normalized spacial score (nSPS) is 29.4. The van der Waals surface area contributed by atoms with Gasteiger partial charge < -0.3 is 19.6 Å². The van der Waals surface area contributed by atoms with Gasteiger partial charge in [-0.05, 0) is 49.7 Å². The van der Waals surface area contributed by atoms with Crippen LogP contribution in [0.1, 0.15) is 46.5 Å². The smallest absolute Gasteiger partial charge is 0.310 e. The van der Waals surface area contributed by atoms with Gasteiger partial charge in [0.1, 0.15) is 6.04 Å². The number of carbonyl (C=O) groups is 3. The second kappa shape index (κ2) is 12.7. The summed E-state index contributed by atoms with van der Waals surface area (Å²) < 4.78 is 4.85. The number of hydrogen-bond donors (Lipinski definition) is 1. The zero-order chi connectivity index (χ0) is 29.2. The highest BCUT2D eigenvalue weighted by Crippen LogP contribution is 2.69. The molecule has 0 aromatic heterocycles. The number of aliphatic hydroxyl groups excluding tert-OH is 1. The van der Waals surface area contributed by atoms with Crippen LogP contribution in [0.25, 0.3) is 0 Å². The van der Waals surface area contributed by atoms with Gasteiger partial charge in [-0.3, -0.25) is 14.4 Å². The molecule has 0 aliphatic carbocycles. The highest BCUT2D eigenvalue weighted by atomic mass is 35.5. The molecule has 2 amide bonds. The van der Waals surface area contributed by atoms with E-state index in [1.54, 1.807) is 51.9 Å². The molecule has 3 unspecified atom stereocenters. The van der Waals surface area contributed by atoms with Crippen molar-refractivity contribution in [2.24, 2.45) is 23.7 Å². The van der Waals surface area contributed by atoms with E-state index in [2.05, 4.69) is 20.1 Å². The number of para-hydroxylation sites is 1. The first-order valence-corrected chi connectivity index (χ1v) is 15.4. The van der Waals surface area contributed by atoms with Gasteiger partial charge in [0.15, 0.2) is 0 Å². The largest absolute Gasteiger partial charge is 0.465 e. The van der Waals surface area contributed by atoms with Gasteiger partial charge in [-0.2, -0.15) is 0 Å². The first-order valence-electron chi connectivity index (χ1n) is 14.2. The van der Waals surface area contributed by atoms with Crippen LogP contribution < -0.4 is 4.90 Å². The van der Waals surface area contributed by atoms with Crippen LogP contribution in [0.5, 0.6) is 0 Å². The number of halogens is 1. The number of esters is 1. The summed E-state index contributed by atoms with van der Waals surface area (Å²) in [5, 5.41) is 10.8. The molecule has 40 heavy (non-hydrogen) atoms. The van der Waals surface area contributed by atoms with Crippen LogP contribution in [0.4, 0.5) is 5.69 Å². The van der Waals surface area contributed by atoms with Crippen molar-refractivity contribution in [1.82, 2.24) is 4.90 Å². The van der Waals surface area contributed by atoms with E-state index in [1.165, 1.54) is 0 Å². The molecule has 1 N–H and O–H groups in total. The van der Waals surface area contributed by atoms with E-state index in [0.717, 1.165) is 6.42 Å². The zero-order valence-corrected chi connectivity index (χ0v) is 25.2. The Labute approximate surface area is 246 Å². The van der Waals surface area contributed by atoms with Gasteiger partial charge in [0.25, 0.3) is 5.91 Å². The maximum Gasteiger partial charge on any atom is 0.310 e. The lowest BCUT2D eigenvalue weighted by Gasteiger charge is -2.42. The van der Waals surface area contributed by atoms with E-state index >= 15 is 0 Å². The van der Waals surface area contributed by atoms with Gasteiger partial charge in [0.2, 0.25) is 5.91 Å². The molecule has 1 aromatic carbocycles. The molecular formula is C31H41ClN2O5S. The van der Waals surface area contributed by atoms with E-state index in [-0.39, 0.29) is 54.6 Å². The monoisotopic (exact) mass is 588 g/mol. The Morgan fingerprint density at radius 3 is 2.65 bits per heavy atom. The van der Waals surface area contributed by atoms with Crippen molar-refractivity contribution >= 4 is 46.8 Å². The molecule has 9 heteroatoms. The number of aliphatic hydroxyl groups is 1. The topological polar surface area (TPSA) is 87.1 Å². The lowest BCUT2D eigenvalue weighted by Crippen LogP contribution is -2.59. The number of allylic oxidation sites excluding steroid dienone is 1. The van der Waals surface area contributed by atoms with Crippen molar-refractivity contribution in [1.29, 1.82) is 0 Å². The van der Waals surface area contributed by atoms with Crippen molar-refractivity contribution in [3.63, 3.8) is 0 Å². The number of hydrogen-bond acceptors (Lipinski definition) is 6. The van der Waals surface area contributed by atoms with Crippen LogP contribution in [0.2, 0.25) is 5.02 Å². The summed E-state index contributed by atoms with van der Waals surface area (Å²) in [6, 6.07) is 5.69. The van der Waals surface area contributed by atoms with E-state index in [4.69, 9.17) is 16.3 Å². The third-order valence-electron chi connectivity index (χ3n) is 8.55. The molecule has 1 spiro atoms. The molecule has 7 atom stereocenters. The van der Waals surface area contributed by atoms with Gasteiger partial charge in [0.05, 0.1) is 46.5 Å². The second-order valence-electron chi connectivity index (χ2n) is 11.6. The van der Waals surface area contributed by atoms with Crippen molar-refractivity contribution in [2.45, 2.75) is 68.5 Å². The zero-order valence-electron chi connectivity index (χ0n) is 23.6. The Morgan fingerprint density at radius 2 is 2.02 bits per heavy atom. The van der Waals surface area contributed by atoms with Crippen molar-refractivity contribution in [3.05, 3.63) is 54.6 Å². The number of fused-ring (bicyclic) bond motifs is 1. The maximum atomic E-state index is 14.7. The maximum absolute atomic E-state index is 14.7. The molecule has 2 bridgehead atoms. The molecule has 0 radical (unpaired) electrons. The van der Waals surface area contributed by atoms with Gasteiger partial charge in [-0.1, -0.05) is 56.7 Å². The number of rotatable bonds is 13. The fourth-order valence-corrected chi connectivity index (χ4v) is 9.60. The summed E-state index contributed by atoms with van der Waals surface area (Å²) in [6.45, 7) is 13.9. The van der Waals surface area contributed by atoms with Gasteiger partial charge in [-0.25, -0.2) is 0 Å². The number of thioether (sulfide) groups is 1. The minimum absolute atomic E-state index is 0.00423. The number of carbonyl (C=O) groups excluding carboxylic acids is 3. The number of likely N-dealkylation sites (tertiary alicyclic amines) is 1. The van der Waals surface area contributed by atoms with Crippen molar-refractivity contribution in [3.8, 4) is 0 Å². The van der Waals surface area contributed by atoms with Gasteiger partial charge in [-0.15, -0.1) is 24.9 Å². The van der Waals surface area contributed by atoms with Crippen LogP contribution >= 0.6 is 23.4 Å². The lowest BCUT2D eigenvalue weighted by molar-refractivity contribution is -0.155. The van der Waals surface area contributed by atoms with Crippen molar-refractivity contribution in [2.75, 3.05) is 24.7 Å². The van der Waals surface area contributed by atoms with Crippen LogP contribution in [0.15, 0.2) is 49.6 Å². The molecule has 3 fully saturated rings. The van der Waals surface area contributed by atoms with Crippen LogP contribution in [0, 0.1) is 23.7 Å². The average molecular weight is 589 g/mol. The molecule has 3 aliphatic heterocycles. The van der Waals surface area contributed by atoms with E-state index in [9.17, 15) is 19.5 Å². The number of benzene rings is 1. The summed E-state index contributed by atoms with van der Waals surface area (Å²) in [6.07, 6.45) is 6.06. The minimum Gasteiger partial charge on any atom is -0.465 e. The Balaban J connectivity index is 1.80. The molecule has 4 rings (SSSR count). The Morgan fingerprint density at radius 1 is 1.30 bits per heavy atom. The number of nitrogens with zero attached hydrogens (tertiary/aromatic N) is 2. The van der Waals surface area contributed by atoms with Crippen LogP contribution in [-0.4, -0.2) is 69.6 Å². The molecule has 3 aliphatic rings. The van der Waals surface area contributed by atoms with Crippen molar-refractivity contribution < 1.29 is 24.2 Å². The molecule has 1 aromatic rings. The van der Waals surface area contributed by atoms with E-state index in [0.29, 0.717) is 30.0 Å². The Hall–Kier alpha value is -2.29. The first-order chi connectivity index (χ1) is 19.1. The fraction of sp³-hybridized carbons (Fsp3) is 0.581. The molecule has 0 saturated carbocycles. The second-order valence-corrected chi connectivity index (χ2v) is 13.5. The SMILES string of the molecule is C=CCCCOC(=O)[C@@H]1[C@H]2C(=O)N([C@@H](CO)CC(C)C)C(C(=O)N(CC=C)c3ccccc3Cl)C23S[C@@H]1CC3C. The highest BCUT2D eigenvalue weighted by molar-refractivity contribution is 8.02. The summed E-state index contributed by atoms with van der Waals surface area (Å²) in [5.74, 6) is -2.06. The standard InChI is InChI=1S/C31H41ClN2O5S/c1-6-8-11-15-39-30(38)25-24-17-20(5)31(40-24)26(25)28(36)34(21(18-35)16-19(3)4)27(31)29(37)33(14-7-2)23-13-10-9-12-22(23)32/h6-7,9-10,12-13,19-21,24-27,35H,1-2,8,11,14-18H2,3-5H3/t20?,21-,24-,25+,26+,27?,31?/m1/s1. The summed E-state index contributed by atoms with van der Waals surface area (Å²) in [4.78, 5) is 45.9. The van der Waals surface area contributed by atoms with E-state index < -0.39 is 28.7 Å². The Bertz CT molecular complexity index is 1140. The van der Waals surface area contributed by atoms with Gasteiger partial charge in [0, 0.05) is 11.8 Å². The lowest BCUT2D eigenvalue weighted by atomic mass is 9.66. The van der Waals surface area contributed by atoms with Crippen LogP contribution in [0.3, 0.4) is 0 Å². The highest BCUT2D eigenvalue weighted by Gasteiger charge is 2.77. The minimum atomic E-state index is -0.874. The quantitative estimate of drug-likeness (QED) is 0.196. The van der Waals surface area contributed by atoms with E-state index in [1.807, 2.05) is 19.9 Å². The number of amides is 2. The van der Waals surface area contributed by atoms with Crippen LogP contribution in [-0.2, 0) is 19.1 Å². The predicted octanol–water partition coefficient (Wildman–Crippen LogP) is 5.11. The third kappa shape index (κ3) is 5.23. The van der Waals surface area contributed by atoms with Gasteiger partial charge >= 0.3 is 5.97 Å². The predicted molar refractivity (Wildman–Crippen MR) is 160 cm³/mol. The number of unbranched alkanes of at least 4 members (excludes halogenated alkanes) is 1. The number of ether oxygens (including phenoxy) is 1. The molecule has 3 saturated heterocycles. The first kappa shape index (κ1) is 30.7. The summed E-state index contributed by atoms with van der Waals surface area (Å²) in [7, 11) is 0. The summed E-state index contributed by atoms with van der Waals surface area (Å²) >= 11 is 8.16. The third-order valence-corrected chi connectivity index (χ3v) is 11.0. The Kier molecular flexibility index (Phi) is 9.74. The number of anilines is 1. The molecular weight excluding hydrogens is 548 g/mol. The fourth-order valence-electron chi connectivity index (χ4n) is 6.97.